The number of hydrogen-bond donors (Lipinski definition) is 0. The standard InChI is InChI=1S/C21H21N5O/c1-14-6-8-15(9-7-14)12-20-22-21(24-27-20)16-10-11-19-18(13-16)23-25-26(19)17-4-2-3-5-17/h6-11,13,17H,2-5,12H2,1H3. The summed E-state index contributed by atoms with van der Waals surface area (Å²) >= 11 is 0. The number of aryl methyl sites for hydroxylation is 1. The summed E-state index contributed by atoms with van der Waals surface area (Å²) in [6.45, 7) is 2.08. The molecule has 1 saturated carbocycles. The molecule has 2 aromatic heterocycles. The molecule has 0 radical (unpaired) electrons. The molecule has 0 atom stereocenters. The van der Waals surface area contributed by atoms with Gasteiger partial charge in [-0.1, -0.05) is 53.0 Å². The smallest absolute Gasteiger partial charge is 0.231 e. The maximum absolute atomic E-state index is 5.45. The van der Waals surface area contributed by atoms with E-state index in [2.05, 4.69) is 62.4 Å². The lowest BCUT2D eigenvalue weighted by Crippen LogP contribution is -2.06. The van der Waals surface area contributed by atoms with Gasteiger partial charge < -0.3 is 4.52 Å². The molecule has 0 aliphatic heterocycles. The fraction of sp³-hybridized carbons (Fsp3) is 0.333. The Labute approximate surface area is 157 Å². The van der Waals surface area contributed by atoms with Crippen LogP contribution in [0.4, 0.5) is 0 Å². The third kappa shape index (κ3) is 3.12. The van der Waals surface area contributed by atoms with Gasteiger partial charge in [-0.25, -0.2) is 4.68 Å². The molecule has 6 heteroatoms. The van der Waals surface area contributed by atoms with Crippen molar-refractivity contribution in [2.45, 2.75) is 45.1 Å². The number of fused-ring (bicyclic) bond motifs is 1. The summed E-state index contributed by atoms with van der Waals surface area (Å²) in [5.74, 6) is 1.21. The first-order valence-corrected chi connectivity index (χ1v) is 9.50. The van der Waals surface area contributed by atoms with Crippen LogP contribution in [-0.4, -0.2) is 25.1 Å². The second kappa shape index (κ2) is 6.61. The second-order valence-electron chi connectivity index (χ2n) is 7.35. The van der Waals surface area contributed by atoms with Crippen molar-refractivity contribution in [3.8, 4) is 11.4 Å². The molecule has 5 rings (SSSR count). The SMILES string of the molecule is Cc1ccc(Cc2nc(-c3ccc4c(c3)nnn4C3CCCC3)no2)cc1. The van der Waals surface area contributed by atoms with Gasteiger partial charge in [0.05, 0.1) is 18.0 Å². The third-order valence-corrected chi connectivity index (χ3v) is 5.34. The molecular weight excluding hydrogens is 338 g/mol. The first-order chi connectivity index (χ1) is 13.3. The lowest BCUT2D eigenvalue weighted by molar-refractivity contribution is 0.385. The van der Waals surface area contributed by atoms with Gasteiger partial charge in [-0.3, -0.25) is 0 Å². The highest BCUT2D eigenvalue weighted by Gasteiger charge is 2.20. The summed E-state index contributed by atoms with van der Waals surface area (Å²) in [7, 11) is 0. The van der Waals surface area contributed by atoms with Gasteiger partial charge in [0.2, 0.25) is 11.7 Å². The van der Waals surface area contributed by atoms with Crippen LogP contribution in [0.5, 0.6) is 0 Å². The normalized spacial score (nSPS) is 15.0. The maximum Gasteiger partial charge on any atom is 0.231 e. The summed E-state index contributed by atoms with van der Waals surface area (Å²) in [6.07, 6.45) is 5.56. The number of benzene rings is 2. The second-order valence-corrected chi connectivity index (χ2v) is 7.35. The van der Waals surface area contributed by atoms with Crippen LogP contribution in [0.3, 0.4) is 0 Å². The van der Waals surface area contributed by atoms with E-state index in [1.165, 1.54) is 31.2 Å². The van der Waals surface area contributed by atoms with Gasteiger partial charge >= 0.3 is 0 Å². The highest BCUT2D eigenvalue weighted by atomic mass is 16.5. The maximum atomic E-state index is 5.45. The number of hydrogen-bond acceptors (Lipinski definition) is 5. The van der Waals surface area contributed by atoms with Crippen molar-refractivity contribution in [3.05, 3.63) is 59.5 Å². The Hall–Kier alpha value is -3.02. The zero-order valence-corrected chi connectivity index (χ0v) is 15.3. The van der Waals surface area contributed by atoms with Crippen molar-refractivity contribution >= 4 is 11.0 Å². The van der Waals surface area contributed by atoms with Crippen molar-refractivity contribution in [3.63, 3.8) is 0 Å². The summed E-state index contributed by atoms with van der Waals surface area (Å²) in [5, 5.41) is 12.9. The minimum absolute atomic E-state index is 0.479. The van der Waals surface area contributed by atoms with E-state index in [0.29, 0.717) is 24.2 Å². The molecule has 0 saturated heterocycles. The predicted molar refractivity (Wildman–Crippen MR) is 102 cm³/mol. The number of aromatic nitrogens is 5. The summed E-state index contributed by atoms with van der Waals surface area (Å²) < 4.78 is 7.52. The van der Waals surface area contributed by atoms with Gasteiger partial charge in [0.15, 0.2) is 0 Å². The number of rotatable bonds is 4. The highest BCUT2D eigenvalue weighted by Crippen LogP contribution is 2.31. The Balaban J connectivity index is 1.40. The van der Waals surface area contributed by atoms with Gasteiger partial charge in [-0.15, -0.1) is 5.10 Å². The van der Waals surface area contributed by atoms with E-state index in [1.807, 2.05) is 12.1 Å². The van der Waals surface area contributed by atoms with Gasteiger partial charge in [0.1, 0.15) is 5.52 Å². The number of nitrogens with zero attached hydrogens (tertiary/aromatic N) is 5. The topological polar surface area (TPSA) is 69.6 Å². The fourth-order valence-electron chi connectivity index (χ4n) is 3.82. The molecule has 2 heterocycles. The summed E-state index contributed by atoms with van der Waals surface area (Å²) in [4.78, 5) is 4.56. The van der Waals surface area contributed by atoms with Crippen molar-refractivity contribution in [2.24, 2.45) is 0 Å². The lowest BCUT2D eigenvalue weighted by atomic mass is 10.1. The molecule has 1 aliphatic carbocycles. The molecule has 6 nitrogen and oxygen atoms in total. The van der Waals surface area contributed by atoms with Gasteiger partial charge in [-0.2, -0.15) is 4.98 Å². The molecule has 0 unspecified atom stereocenters. The third-order valence-electron chi connectivity index (χ3n) is 5.34. The monoisotopic (exact) mass is 359 g/mol. The lowest BCUT2D eigenvalue weighted by Gasteiger charge is -2.09. The Kier molecular flexibility index (Phi) is 3.96. The molecule has 0 bridgehead atoms. The van der Waals surface area contributed by atoms with Gasteiger partial charge in [-0.05, 0) is 43.5 Å². The van der Waals surface area contributed by atoms with Crippen LogP contribution in [0.25, 0.3) is 22.4 Å². The van der Waals surface area contributed by atoms with E-state index in [9.17, 15) is 0 Å². The van der Waals surface area contributed by atoms with Crippen LogP contribution in [0.1, 0.15) is 48.7 Å². The Morgan fingerprint density at radius 2 is 1.89 bits per heavy atom. The van der Waals surface area contributed by atoms with Crippen LogP contribution in [0.2, 0.25) is 0 Å². The average molecular weight is 359 g/mol. The minimum Gasteiger partial charge on any atom is -0.339 e. The predicted octanol–water partition coefficient (Wildman–Crippen LogP) is 4.50. The van der Waals surface area contributed by atoms with Crippen molar-refractivity contribution in [2.75, 3.05) is 0 Å². The van der Waals surface area contributed by atoms with Crippen LogP contribution in [-0.2, 0) is 6.42 Å². The Bertz CT molecular complexity index is 1070. The molecule has 4 aromatic rings. The largest absolute Gasteiger partial charge is 0.339 e. The van der Waals surface area contributed by atoms with E-state index in [1.54, 1.807) is 0 Å². The Morgan fingerprint density at radius 3 is 2.70 bits per heavy atom. The molecule has 1 aliphatic rings. The van der Waals surface area contributed by atoms with Crippen LogP contribution >= 0.6 is 0 Å². The highest BCUT2D eigenvalue weighted by molar-refractivity contribution is 5.79. The van der Waals surface area contributed by atoms with Gasteiger partial charge in [0, 0.05) is 5.56 Å². The molecule has 1 fully saturated rings. The molecule has 27 heavy (non-hydrogen) atoms. The first kappa shape index (κ1) is 16.2. The van der Waals surface area contributed by atoms with E-state index in [-0.39, 0.29) is 0 Å². The summed E-state index contributed by atoms with van der Waals surface area (Å²) in [6, 6.07) is 14.9. The van der Waals surface area contributed by atoms with Crippen molar-refractivity contribution in [1.82, 2.24) is 25.1 Å². The van der Waals surface area contributed by atoms with Crippen molar-refractivity contribution < 1.29 is 4.52 Å². The van der Waals surface area contributed by atoms with E-state index in [4.69, 9.17) is 4.52 Å². The zero-order chi connectivity index (χ0) is 18.2. The molecule has 2 aromatic carbocycles. The quantitative estimate of drug-likeness (QED) is 0.537. The van der Waals surface area contributed by atoms with Gasteiger partial charge in [0.25, 0.3) is 0 Å². The fourth-order valence-corrected chi connectivity index (χ4v) is 3.82. The zero-order valence-electron chi connectivity index (χ0n) is 15.3. The van der Waals surface area contributed by atoms with Crippen molar-refractivity contribution in [1.29, 1.82) is 0 Å². The first-order valence-electron chi connectivity index (χ1n) is 9.50. The summed E-state index contributed by atoms with van der Waals surface area (Å²) in [5.41, 5.74) is 5.26. The minimum atomic E-state index is 0.479. The molecule has 0 amide bonds. The van der Waals surface area contributed by atoms with Crippen LogP contribution in [0, 0.1) is 6.92 Å². The molecule has 0 spiro atoms. The molecule has 136 valence electrons. The van der Waals surface area contributed by atoms with E-state index in [0.717, 1.165) is 22.2 Å². The van der Waals surface area contributed by atoms with E-state index < -0.39 is 0 Å². The average Bonchev–Trinajstić information content (AvgIpc) is 3.43. The Morgan fingerprint density at radius 1 is 1.07 bits per heavy atom. The van der Waals surface area contributed by atoms with Crippen LogP contribution in [0.15, 0.2) is 47.0 Å². The molecule has 0 N–H and O–H groups in total. The van der Waals surface area contributed by atoms with Crippen LogP contribution < -0.4 is 0 Å². The molecular formula is C21H21N5O. The van der Waals surface area contributed by atoms with E-state index >= 15 is 0 Å².